The lowest BCUT2D eigenvalue weighted by atomic mass is 9.92. The molecule has 0 aliphatic carbocycles. The second-order valence-corrected chi connectivity index (χ2v) is 4.88. The summed E-state index contributed by atoms with van der Waals surface area (Å²) >= 11 is 0. The second kappa shape index (κ2) is 7.46. The Morgan fingerprint density at radius 3 is 2.74 bits per heavy atom. The van der Waals surface area contributed by atoms with Gasteiger partial charge in [-0.3, -0.25) is 0 Å². The van der Waals surface area contributed by atoms with Crippen molar-refractivity contribution in [1.82, 2.24) is 5.32 Å². The highest BCUT2D eigenvalue weighted by molar-refractivity contribution is 5.29. The van der Waals surface area contributed by atoms with Gasteiger partial charge in [-0.1, -0.05) is 19.1 Å². The number of hydrogen-bond acceptors (Lipinski definition) is 3. The standard InChI is InChI=1S/C15H24FNO2/c1-4-15(11-18,17-3)9-6-10-19-13-8-5-7-12(2)14(13)16/h5,7-8,17-18H,4,6,9-11H2,1-3H3. The first-order chi connectivity index (χ1) is 9.08. The van der Waals surface area contributed by atoms with Gasteiger partial charge in [0.25, 0.3) is 0 Å². The van der Waals surface area contributed by atoms with E-state index in [-0.39, 0.29) is 18.0 Å². The number of aliphatic hydroxyl groups excluding tert-OH is 1. The monoisotopic (exact) mass is 269 g/mol. The van der Waals surface area contributed by atoms with E-state index in [1.54, 1.807) is 25.1 Å². The molecule has 0 aliphatic heterocycles. The predicted octanol–water partition coefficient (Wildman–Crippen LogP) is 2.65. The summed E-state index contributed by atoms with van der Waals surface area (Å²) in [6.45, 7) is 4.30. The largest absolute Gasteiger partial charge is 0.491 e. The Morgan fingerprint density at radius 1 is 1.42 bits per heavy atom. The number of hydrogen-bond donors (Lipinski definition) is 2. The second-order valence-electron chi connectivity index (χ2n) is 4.88. The Labute approximate surface area is 114 Å². The van der Waals surface area contributed by atoms with E-state index in [0.29, 0.717) is 17.9 Å². The van der Waals surface area contributed by atoms with Gasteiger partial charge < -0.3 is 15.2 Å². The van der Waals surface area contributed by atoms with Crippen molar-refractivity contribution in [1.29, 1.82) is 0 Å². The molecule has 0 amide bonds. The van der Waals surface area contributed by atoms with Crippen LogP contribution in [0.1, 0.15) is 31.7 Å². The van der Waals surface area contributed by atoms with Crippen molar-refractivity contribution in [3.63, 3.8) is 0 Å². The zero-order chi connectivity index (χ0) is 14.3. The molecule has 0 fully saturated rings. The van der Waals surface area contributed by atoms with Gasteiger partial charge in [-0.05, 0) is 44.9 Å². The summed E-state index contributed by atoms with van der Waals surface area (Å²) in [6.07, 6.45) is 2.41. The third-order valence-electron chi connectivity index (χ3n) is 3.72. The Hall–Kier alpha value is -1.13. The van der Waals surface area contributed by atoms with Gasteiger partial charge in [-0.2, -0.15) is 0 Å². The molecule has 0 saturated carbocycles. The van der Waals surface area contributed by atoms with Gasteiger partial charge >= 0.3 is 0 Å². The fourth-order valence-corrected chi connectivity index (χ4v) is 2.07. The Balaban J connectivity index is 2.44. The van der Waals surface area contributed by atoms with E-state index in [4.69, 9.17) is 4.74 Å². The summed E-state index contributed by atoms with van der Waals surface area (Å²) < 4.78 is 19.1. The lowest BCUT2D eigenvalue weighted by Gasteiger charge is -2.30. The van der Waals surface area contributed by atoms with E-state index in [1.807, 2.05) is 14.0 Å². The van der Waals surface area contributed by atoms with E-state index in [9.17, 15) is 9.50 Å². The number of aryl methyl sites for hydroxylation is 1. The molecule has 1 unspecified atom stereocenters. The average Bonchev–Trinajstić information content (AvgIpc) is 2.44. The summed E-state index contributed by atoms with van der Waals surface area (Å²) in [5, 5.41) is 12.6. The van der Waals surface area contributed by atoms with Gasteiger partial charge in [0.2, 0.25) is 0 Å². The van der Waals surface area contributed by atoms with Crippen LogP contribution >= 0.6 is 0 Å². The van der Waals surface area contributed by atoms with Crippen LogP contribution in [0.15, 0.2) is 18.2 Å². The van der Waals surface area contributed by atoms with Crippen LogP contribution in [0, 0.1) is 12.7 Å². The lowest BCUT2D eigenvalue weighted by Crippen LogP contribution is -2.46. The van der Waals surface area contributed by atoms with Gasteiger partial charge in [0.1, 0.15) is 0 Å². The molecule has 0 heterocycles. The Kier molecular flexibility index (Phi) is 6.25. The Morgan fingerprint density at radius 2 is 2.16 bits per heavy atom. The number of ether oxygens (including phenoxy) is 1. The number of rotatable bonds is 8. The molecule has 0 saturated heterocycles. The molecule has 108 valence electrons. The number of likely N-dealkylation sites (N-methyl/N-ethyl adjacent to an activating group) is 1. The van der Waals surface area contributed by atoms with Gasteiger partial charge in [-0.25, -0.2) is 4.39 Å². The number of nitrogens with one attached hydrogen (secondary N) is 1. The zero-order valence-corrected chi connectivity index (χ0v) is 12.0. The number of benzene rings is 1. The molecule has 0 aliphatic rings. The molecular formula is C15H24FNO2. The van der Waals surface area contributed by atoms with E-state index in [0.717, 1.165) is 19.3 Å². The van der Waals surface area contributed by atoms with E-state index in [1.165, 1.54) is 0 Å². The SMILES string of the molecule is CCC(CO)(CCCOc1cccc(C)c1F)NC. The topological polar surface area (TPSA) is 41.5 Å². The number of halogens is 1. The van der Waals surface area contributed by atoms with Crippen molar-refractivity contribution in [2.24, 2.45) is 0 Å². The molecule has 1 aromatic rings. The van der Waals surface area contributed by atoms with Gasteiger partial charge in [0, 0.05) is 5.54 Å². The minimum absolute atomic E-state index is 0.0960. The third-order valence-corrected chi connectivity index (χ3v) is 3.72. The van der Waals surface area contributed by atoms with Crippen molar-refractivity contribution in [3.8, 4) is 5.75 Å². The van der Waals surface area contributed by atoms with Crippen molar-refractivity contribution >= 4 is 0 Å². The van der Waals surface area contributed by atoms with Crippen LogP contribution in [0.5, 0.6) is 5.75 Å². The summed E-state index contributed by atoms with van der Waals surface area (Å²) in [5.74, 6) is 0.00980. The van der Waals surface area contributed by atoms with Crippen molar-refractivity contribution < 1.29 is 14.2 Å². The van der Waals surface area contributed by atoms with Crippen LogP contribution in [0.4, 0.5) is 4.39 Å². The normalized spacial score (nSPS) is 14.2. The molecular weight excluding hydrogens is 245 g/mol. The molecule has 0 radical (unpaired) electrons. The molecule has 3 nitrogen and oxygen atoms in total. The highest BCUT2D eigenvalue weighted by atomic mass is 19.1. The lowest BCUT2D eigenvalue weighted by molar-refractivity contribution is 0.145. The summed E-state index contributed by atoms with van der Waals surface area (Å²) in [4.78, 5) is 0. The minimum Gasteiger partial charge on any atom is -0.491 e. The molecule has 2 N–H and O–H groups in total. The first-order valence-electron chi connectivity index (χ1n) is 6.76. The molecule has 0 spiro atoms. The highest BCUT2D eigenvalue weighted by Gasteiger charge is 2.24. The highest BCUT2D eigenvalue weighted by Crippen LogP contribution is 2.21. The summed E-state index contributed by atoms with van der Waals surface area (Å²) in [5.41, 5.74) is 0.333. The van der Waals surface area contributed by atoms with Gasteiger partial charge in [-0.15, -0.1) is 0 Å². The minimum atomic E-state index is -0.292. The van der Waals surface area contributed by atoms with Crippen LogP contribution in [0.3, 0.4) is 0 Å². The molecule has 1 rings (SSSR count). The van der Waals surface area contributed by atoms with Crippen LogP contribution in [-0.2, 0) is 0 Å². The van der Waals surface area contributed by atoms with Gasteiger partial charge in [0.05, 0.1) is 13.2 Å². The molecule has 1 aromatic carbocycles. The molecule has 0 bridgehead atoms. The van der Waals surface area contributed by atoms with Crippen molar-refractivity contribution in [2.45, 2.75) is 38.6 Å². The fourth-order valence-electron chi connectivity index (χ4n) is 2.07. The first-order valence-corrected chi connectivity index (χ1v) is 6.76. The van der Waals surface area contributed by atoms with Crippen molar-refractivity contribution in [2.75, 3.05) is 20.3 Å². The third kappa shape index (κ3) is 4.18. The van der Waals surface area contributed by atoms with E-state index >= 15 is 0 Å². The van der Waals surface area contributed by atoms with Crippen molar-refractivity contribution in [3.05, 3.63) is 29.6 Å². The fraction of sp³-hybridized carbons (Fsp3) is 0.600. The zero-order valence-electron chi connectivity index (χ0n) is 12.0. The van der Waals surface area contributed by atoms with Crippen LogP contribution in [-0.4, -0.2) is 30.9 Å². The maximum Gasteiger partial charge on any atom is 0.167 e. The average molecular weight is 269 g/mol. The van der Waals surface area contributed by atoms with Crippen LogP contribution < -0.4 is 10.1 Å². The van der Waals surface area contributed by atoms with Crippen LogP contribution in [0.2, 0.25) is 0 Å². The van der Waals surface area contributed by atoms with Crippen LogP contribution in [0.25, 0.3) is 0 Å². The van der Waals surface area contributed by atoms with E-state index in [2.05, 4.69) is 5.32 Å². The summed E-state index contributed by atoms with van der Waals surface area (Å²) in [7, 11) is 1.85. The molecule has 1 atom stereocenters. The molecule has 19 heavy (non-hydrogen) atoms. The Bertz CT molecular complexity index is 383. The van der Waals surface area contributed by atoms with Gasteiger partial charge in [0.15, 0.2) is 11.6 Å². The summed E-state index contributed by atoms with van der Waals surface area (Å²) in [6, 6.07) is 5.14. The molecule has 4 heteroatoms. The van der Waals surface area contributed by atoms with E-state index < -0.39 is 0 Å². The quantitative estimate of drug-likeness (QED) is 0.713. The number of aliphatic hydroxyl groups is 1. The smallest absolute Gasteiger partial charge is 0.167 e. The maximum absolute atomic E-state index is 13.7. The molecule has 0 aromatic heterocycles. The first kappa shape index (κ1) is 15.9. The maximum atomic E-state index is 13.7. The predicted molar refractivity (Wildman–Crippen MR) is 75.0 cm³/mol.